The Balaban J connectivity index is 1.68. The first-order valence-corrected chi connectivity index (χ1v) is 14.3. The fourth-order valence-electron chi connectivity index (χ4n) is 4.99. The molecule has 1 saturated heterocycles. The van der Waals surface area contributed by atoms with Gasteiger partial charge in [0.15, 0.2) is 16.3 Å². The van der Waals surface area contributed by atoms with Crippen LogP contribution in [0, 0.1) is 10.1 Å². The van der Waals surface area contributed by atoms with Crippen LogP contribution in [-0.2, 0) is 14.3 Å². The van der Waals surface area contributed by atoms with Gasteiger partial charge in [0.2, 0.25) is 0 Å². The first kappa shape index (κ1) is 29.0. The first-order chi connectivity index (χ1) is 20.4. The number of benzene rings is 2. The maximum atomic E-state index is 14.0. The number of ether oxygens (including phenoxy) is 4. The molecule has 42 heavy (non-hydrogen) atoms. The highest BCUT2D eigenvalue weighted by Crippen LogP contribution is 2.35. The van der Waals surface area contributed by atoms with E-state index in [0.29, 0.717) is 71.5 Å². The van der Waals surface area contributed by atoms with Gasteiger partial charge in [0.25, 0.3) is 11.2 Å². The van der Waals surface area contributed by atoms with E-state index < -0.39 is 22.5 Å². The van der Waals surface area contributed by atoms with E-state index in [9.17, 15) is 19.7 Å². The van der Waals surface area contributed by atoms with E-state index in [2.05, 4.69) is 9.89 Å². The zero-order valence-corrected chi connectivity index (χ0v) is 24.2. The van der Waals surface area contributed by atoms with E-state index in [1.807, 2.05) is 13.8 Å². The molecule has 12 nitrogen and oxygen atoms in total. The van der Waals surface area contributed by atoms with Crippen molar-refractivity contribution in [2.75, 3.05) is 51.5 Å². The molecule has 0 saturated carbocycles. The van der Waals surface area contributed by atoms with Crippen LogP contribution >= 0.6 is 11.3 Å². The number of hydrogen-bond donors (Lipinski definition) is 0. The molecule has 0 amide bonds. The highest BCUT2D eigenvalue weighted by Gasteiger charge is 2.31. The standard InChI is InChI=1S/C29H30N4O8S/c1-4-40-23-9-6-18(15-24(23)41-5-2)26-21(28(35)38-3)17-30-29-32(26)27(34)25(42-29)16-19-14-20(33(36)37)7-8-22(19)31-10-12-39-13-11-31/h6-9,14-17,26H,4-5,10-13H2,1-3H3/b25-16-/t26-/m0/s1. The Kier molecular flexibility index (Phi) is 8.69. The second-order valence-corrected chi connectivity index (χ2v) is 10.4. The van der Waals surface area contributed by atoms with Gasteiger partial charge in [0.1, 0.15) is 0 Å². The minimum Gasteiger partial charge on any atom is -0.490 e. The average molecular weight is 595 g/mol. The van der Waals surface area contributed by atoms with Gasteiger partial charge in [0, 0.05) is 42.7 Å². The number of methoxy groups -OCH3 is 1. The largest absolute Gasteiger partial charge is 0.490 e. The molecule has 13 heteroatoms. The number of non-ortho nitro benzene ring substituents is 1. The predicted octanol–water partition coefficient (Wildman–Crippen LogP) is 2.56. The van der Waals surface area contributed by atoms with E-state index in [1.54, 1.807) is 30.3 Å². The molecular weight excluding hydrogens is 564 g/mol. The molecule has 0 unspecified atom stereocenters. The first-order valence-electron chi connectivity index (χ1n) is 13.5. The molecule has 1 fully saturated rings. The van der Waals surface area contributed by atoms with Crippen LogP contribution in [0.1, 0.15) is 31.0 Å². The molecule has 0 aliphatic carbocycles. The van der Waals surface area contributed by atoms with Gasteiger partial charge in [-0.1, -0.05) is 17.4 Å². The third-order valence-electron chi connectivity index (χ3n) is 6.87. The number of morpholine rings is 1. The van der Waals surface area contributed by atoms with Gasteiger partial charge >= 0.3 is 5.97 Å². The molecule has 3 heterocycles. The van der Waals surface area contributed by atoms with Crippen molar-refractivity contribution in [1.82, 2.24) is 4.57 Å². The van der Waals surface area contributed by atoms with E-state index in [1.165, 1.54) is 30.0 Å². The zero-order chi connectivity index (χ0) is 29.8. The highest BCUT2D eigenvalue weighted by molar-refractivity contribution is 7.07. The number of esters is 1. The van der Waals surface area contributed by atoms with Crippen molar-refractivity contribution in [3.05, 3.63) is 89.1 Å². The molecule has 2 aliphatic rings. The monoisotopic (exact) mass is 594 g/mol. The topological polar surface area (TPSA) is 135 Å². The van der Waals surface area contributed by atoms with Crippen molar-refractivity contribution in [3.8, 4) is 11.5 Å². The fourth-order valence-corrected chi connectivity index (χ4v) is 5.95. The lowest BCUT2D eigenvalue weighted by atomic mass is 9.97. The number of fused-ring (bicyclic) bond motifs is 1. The van der Waals surface area contributed by atoms with E-state index in [0.717, 1.165) is 17.0 Å². The SMILES string of the molecule is CCOc1ccc([C@H]2C(C(=O)OC)=CN=c3s/c(=C\c4cc([N+](=O)[O-])ccc4N4CCOCC4)c(=O)n32)cc1OCC. The van der Waals surface area contributed by atoms with Gasteiger partial charge in [-0.05, 0) is 43.7 Å². The Morgan fingerprint density at radius 1 is 1.14 bits per heavy atom. The molecular formula is C29H30N4O8S. The van der Waals surface area contributed by atoms with Crippen molar-refractivity contribution >= 4 is 34.8 Å². The van der Waals surface area contributed by atoms with Crippen LogP contribution in [-0.4, -0.2) is 62.1 Å². The number of aromatic nitrogens is 1. The van der Waals surface area contributed by atoms with Gasteiger partial charge in [-0.15, -0.1) is 0 Å². The Morgan fingerprint density at radius 3 is 2.57 bits per heavy atom. The second-order valence-electron chi connectivity index (χ2n) is 9.35. The lowest BCUT2D eigenvalue weighted by Gasteiger charge is -2.30. The lowest BCUT2D eigenvalue weighted by Crippen LogP contribution is -2.39. The van der Waals surface area contributed by atoms with Gasteiger partial charge in [-0.2, -0.15) is 0 Å². The lowest BCUT2D eigenvalue weighted by molar-refractivity contribution is -0.384. The fraction of sp³-hybridized carbons (Fsp3) is 0.345. The van der Waals surface area contributed by atoms with Crippen LogP contribution in [0.4, 0.5) is 11.4 Å². The third kappa shape index (κ3) is 5.65. The molecule has 0 spiro atoms. The number of nitrogens with zero attached hydrogens (tertiary/aromatic N) is 4. The van der Waals surface area contributed by atoms with Crippen LogP contribution in [0.5, 0.6) is 11.5 Å². The maximum absolute atomic E-state index is 14.0. The van der Waals surface area contributed by atoms with Gasteiger partial charge in [0.05, 0.1) is 54.6 Å². The summed E-state index contributed by atoms with van der Waals surface area (Å²) in [7, 11) is 1.27. The summed E-state index contributed by atoms with van der Waals surface area (Å²) in [6, 6.07) is 9.01. The molecule has 0 radical (unpaired) electrons. The molecule has 1 aromatic heterocycles. The maximum Gasteiger partial charge on any atom is 0.337 e. The van der Waals surface area contributed by atoms with Crippen LogP contribution in [0.15, 0.2) is 58.0 Å². The van der Waals surface area contributed by atoms with Gasteiger partial charge in [-0.25, -0.2) is 9.79 Å². The van der Waals surface area contributed by atoms with Crippen molar-refractivity contribution in [3.63, 3.8) is 0 Å². The smallest absolute Gasteiger partial charge is 0.337 e. The van der Waals surface area contributed by atoms with Crippen LogP contribution in [0.3, 0.4) is 0 Å². The van der Waals surface area contributed by atoms with Gasteiger partial charge < -0.3 is 23.8 Å². The number of carbonyl (C=O) groups excluding carboxylic acids is 1. The summed E-state index contributed by atoms with van der Waals surface area (Å²) < 4.78 is 23.8. The Labute approximate surface area is 244 Å². The number of nitro benzene ring substituents is 1. The Bertz CT molecular complexity index is 1720. The van der Waals surface area contributed by atoms with Gasteiger partial charge in [-0.3, -0.25) is 19.5 Å². The van der Waals surface area contributed by atoms with E-state index >= 15 is 0 Å². The van der Waals surface area contributed by atoms with Crippen LogP contribution in [0.2, 0.25) is 0 Å². The molecule has 1 atom stereocenters. The predicted molar refractivity (Wildman–Crippen MR) is 156 cm³/mol. The summed E-state index contributed by atoms with van der Waals surface area (Å²) in [6.07, 6.45) is 3.05. The zero-order valence-electron chi connectivity index (χ0n) is 23.4. The molecule has 2 aliphatic heterocycles. The summed E-state index contributed by atoms with van der Waals surface area (Å²) in [4.78, 5) is 44.9. The quantitative estimate of drug-likeness (QED) is 0.208. The summed E-state index contributed by atoms with van der Waals surface area (Å²) in [5.41, 5.74) is 1.58. The average Bonchev–Trinajstić information content (AvgIpc) is 3.32. The highest BCUT2D eigenvalue weighted by atomic mass is 32.1. The van der Waals surface area contributed by atoms with Crippen molar-refractivity contribution in [2.45, 2.75) is 19.9 Å². The minimum absolute atomic E-state index is 0.0882. The summed E-state index contributed by atoms with van der Waals surface area (Å²) in [6.45, 7) is 6.83. The summed E-state index contributed by atoms with van der Waals surface area (Å²) in [5.74, 6) is 0.394. The second kappa shape index (κ2) is 12.6. The number of carbonyl (C=O) groups is 1. The number of thiazole rings is 1. The summed E-state index contributed by atoms with van der Waals surface area (Å²) >= 11 is 1.13. The number of anilines is 1. The van der Waals surface area contributed by atoms with Crippen molar-refractivity contribution < 1.29 is 28.7 Å². The number of rotatable bonds is 9. The normalized spacial score (nSPS) is 16.7. The molecule has 2 aromatic carbocycles. The molecule has 3 aromatic rings. The molecule has 5 rings (SSSR count). The number of nitro groups is 1. The minimum atomic E-state index is -0.852. The number of hydrogen-bond acceptors (Lipinski definition) is 11. The Hall–Kier alpha value is -4.49. The van der Waals surface area contributed by atoms with Crippen LogP contribution in [0.25, 0.3) is 6.08 Å². The summed E-state index contributed by atoms with van der Waals surface area (Å²) in [5, 5.41) is 11.6. The Morgan fingerprint density at radius 2 is 1.88 bits per heavy atom. The third-order valence-corrected chi connectivity index (χ3v) is 7.87. The molecule has 0 bridgehead atoms. The van der Waals surface area contributed by atoms with Crippen molar-refractivity contribution in [2.24, 2.45) is 4.99 Å². The van der Waals surface area contributed by atoms with Crippen molar-refractivity contribution in [1.29, 1.82) is 0 Å². The van der Waals surface area contributed by atoms with Crippen LogP contribution < -0.4 is 29.3 Å². The molecule has 0 N–H and O–H groups in total. The van der Waals surface area contributed by atoms with E-state index in [4.69, 9.17) is 18.9 Å². The van der Waals surface area contributed by atoms with E-state index in [-0.39, 0.29) is 11.3 Å². The molecule has 220 valence electrons.